The van der Waals surface area contributed by atoms with Crippen molar-refractivity contribution in [2.24, 2.45) is 0 Å². The van der Waals surface area contributed by atoms with E-state index in [2.05, 4.69) is 11.5 Å². The minimum atomic E-state index is -4.24. The van der Waals surface area contributed by atoms with E-state index in [1.807, 2.05) is 19.6 Å². The Morgan fingerprint density at radius 3 is 2.00 bits per heavy atom. The quantitative estimate of drug-likeness (QED) is 0.409. The largest absolute Gasteiger partial charge is 0.410 e. The number of allylic oxidation sites excluding steroid dienone is 2. The first-order valence-electron chi connectivity index (χ1n) is 3.48. The van der Waals surface area contributed by atoms with E-state index in [1.165, 1.54) is 0 Å². The third-order valence-corrected chi connectivity index (χ3v) is 1.70. The van der Waals surface area contributed by atoms with Crippen molar-refractivity contribution < 1.29 is 13.2 Å². The van der Waals surface area contributed by atoms with Crippen molar-refractivity contribution >= 4 is 8.07 Å². The van der Waals surface area contributed by atoms with Gasteiger partial charge in [-0.05, 0) is 6.08 Å². The highest BCUT2D eigenvalue weighted by Gasteiger charge is 2.21. The van der Waals surface area contributed by atoms with Gasteiger partial charge in [0.05, 0.1) is 0 Å². The molecular weight excluding hydrogens is 181 g/mol. The molecule has 0 radical (unpaired) electrons. The highest BCUT2D eigenvalue weighted by atomic mass is 28.3. The third-order valence-electron chi connectivity index (χ3n) is 0.803. The summed E-state index contributed by atoms with van der Waals surface area (Å²) in [6, 6.07) is 0. The Morgan fingerprint density at radius 1 is 1.17 bits per heavy atom. The van der Waals surface area contributed by atoms with E-state index in [0.717, 1.165) is 6.08 Å². The van der Waals surface area contributed by atoms with Crippen molar-refractivity contribution in [3.05, 3.63) is 12.2 Å². The van der Waals surface area contributed by atoms with Crippen molar-refractivity contribution in [1.29, 1.82) is 0 Å². The summed E-state index contributed by atoms with van der Waals surface area (Å²) in [6.45, 7) is 5.92. The smallest absolute Gasteiger partial charge is 0.167 e. The van der Waals surface area contributed by atoms with Crippen molar-refractivity contribution in [3.63, 3.8) is 0 Å². The van der Waals surface area contributed by atoms with E-state index in [0.29, 0.717) is 0 Å². The second kappa shape index (κ2) is 3.81. The van der Waals surface area contributed by atoms with Crippen molar-refractivity contribution in [1.82, 2.24) is 0 Å². The van der Waals surface area contributed by atoms with Gasteiger partial charge in [-0.25, -0.2) is 0 Å². The first-order valence-corrected chi connectivity index (χ1v) is 6.98. The first kappa shape index (κ1) is 11.3. The molecule has 0 saturated heterocycles. The molecule has 0 aliphatic heterocycles. The highest BCUT2D eigenvalue weighted by Crippen LogP contribution is 2.15. The van der Waals surface area contributed by atoms with Crippen LogP contribution in [0.3, 0.4) is 0 Å². The molecule has 0 heterocycles. The van der Waals surface area contributed by atoms with E-state index in [4.69, 9.17) is 0 Å². The fourth-order valence-electron chi connectivity index (χ4n) is 0.394. The molecule has 0 spiro atoms. The molecular formula is C8H11F3Si. The minimum Gasteiger partial charge on any atom is -0.167 e. The summed E-state index contributed by atoms with van der Waals surface area (Å²) >= 11 is 0. The van der Waals surface area contributed by atoms with Gasteiger partial charge in [0.1, 0.15) is 8.07 Å². The molecule has 0 fully saturated rings. The summed E-state index contributed by atoms with van der Waals surface area (Å²) in [5.74, 6) is 2.39. The van der Waals surface area contributed by atoms with Crippen LogP contribution in [0, 0.1) is 11.5 Å². The minimum absolute atomic E-state index is 0.153. The van der Waals surface area contributed by atoms with E-state index < -0.39 is 14.3 Å². The number of alkyl halides is 3. The molecule has 0 rings (SSSR count). The maximum Gasteiger partial charge on any atom is 0.410 e. The lowest BCUT2D eigenvalue weighted by Gasteiger charge is -2.02. The fraction of sp³-hybridized carbons (Fsp3) is 0.500. The summed E-state index contributed by atoms with van der Waals surface area (Å²) in [5.41, 5.74) is 2.80. The molecule has 0 bridgehead atoms. The Morgan fingerprint density at radius 2 is 1.67 bits per heavy atom. The van der Waals surface area contributed by atoms with Gasteiger partial charge in [0, 0.05) is 6.08 Å². The van der Waals surface area contributed by atoms with E-state index in [-0.39, 0.29) is 6.08 Å². The molecule has 68 valence electrons. The molecule has 0 saturated carbocycles. The summed E-state index contributed by atoms with van der Waals surface area (Å²) < 4.78 is 34.6. The maximum atomic E-state index is 11.5. The second-order valence-electron chi connectivity index (χ2n) is 3.39. The average Bonchev–Trinajstić information content (AvgIpc) is 1.76. The molecule has 0 aliphatic rings. The Kier molecular flexibility index (Phi) is 3.59. The van der Waals surface area contributed by atoms with Gasteiger partial charge in [0.15, 0.2) is 0 Å². The molecule has 0 aliphatic carbocycles. The van der Waals surface area contributed by atoms with Gasteiger partial charge in [-0.1, -0.05) is 25.6 Å². The predicted molar refractivity (Wildman–Crippen MR) is 46.3 cm³/mol. The van der Waals surface area contributed by atoms with Crippen LogP contribution >= 0.6 is 0 Å². The molecule has 0 atom stereocenters. The van der Waals surface area contributed by atoms with Gasteiger partial charge >= 0.3 is 6.18 Å². The van der Waals surface area contributed by atoms with Crippen molar-refractivity contribution in [2.75, 3.05) is 0 Å². The van der Waals surface area contributed by atoms with Crippen LogP contribution in [0.15, 0.2) is 12.2 Å². The standard InChI is InChI=1S/C8H11F3Si/c1-12(2,3)7-5-4-6-8(9,10)11/h4,6H,1-3H3/b6-4+. The summed E-state index contributed by atoms with van der Waals surface area (Å²) in [4.78, 5) is 0. The number of halogens is 3. The summed E-state index contributed by atoms with van der Waals surface area (Å²) in [7, 11) is -1.53. The van der Waals surface area contributed by atoms with Crippen LogP contribution in [-0.4, -0.2) is 14.3 Å². The average molecular weight is 192 g/mol. The SMILES string of the molecule is C[Si](C)(C)C#C/C=C/C(F)(F)F. The van der Waals surface area contributed by atoms with Gasteiger partial charge in [-0.2, -0.15) is 13.2 Å². The molecule has 0 aromatic carbocycles. The Hall–Kier alpha value is -0.693. The van der Waals surface area contributed by atoms with Crippen LogP contribution in [0.25, 0.3) is 0 Å². The van der Waals surface area contributed by atoms with Crippen molar-refractivity contribution in [2.45, 2.75) is 25.8 Å². The third kappa shape index (κ3) is 9.31. The lowest BCUT2D eigenvalue weighted by molar-refractivity contribution is -0.0797. The van der Waals surface area contributed by atoms with Gasteiger partial charge in [0.2, 0.25) is 0 Å². The predicted octanol–water partition coefficient (Wildman–Crippen LogP) is 2.99. The Balaban J connectivity index is 4.13. The molecule has 0 amide bonds. The van der Waals surface area contributed by atoms with Crippen LogP contribution in [0.1, 0.15) is 0 Å². The zero-order valence-electron chi connectivity index (χ0n) is 7.29. The van der Waals surface area contributed by atoms with E-state index in [1.54, 1.807) is 0 Å². The molecule has 0 aromatic rings. The van der Waals surface area contributed by atoms with Crippen LogP contribution in [0.4, 0.5) is 13.2 Å². The monoisotopic (exact) mass is 192 g/mol. The van der Waals surface area contributed by atoms with E-state index >= 15 is 0 Å². The molecule has 12 heavy (non-hydrogen) atoms. The maximum absolute atomic E-state index is 11.5. The van der Waals surface area contributed by atoms with Gasteiger partial charge < -0.3 is 0 Å². The summed E-state index contributed by atoms with van der Waals surface area (Å²) in [6.07, 6.45) is -3.23. The molecule has 0 unspecified atom stereocenters. The lowest BCUT2D eigenvalue weighted by atomic mass is 10.5. The number of rotatable bonds is 0. The van der Waals surface area contributed by atoms with Crippen LogP contribution in [-0.2, 0) is 0 Å². The zero-order chi connectivity index (χ0) is 9.83. The summed E-state index contributed by atoms with van der Waals surface area (Å²) in [5, 5.41) is 0. The van der Waals surface area contributed by atoms with Crippen LogP contribution in [0.2, 0.25) is 19.6 Å². The number of hydrogen-bond donors (Lipinski definition) is 0. The molecule has 4 heteroatoms. The van der Waals surface area contributed by atoms with Crippen LogP contribution in [0.5, 0.6) is 0 Å². The van der Waals surface area contributed by atoms with Gasteiger partial charge in [0.25, 0.3) is 0 Å². The highest BCUT2D eigenvalue weighted by molar-refractivity contribution is 6.83. The van der Waals surface area contributed by atoms with E-state index in [9.17, 15) is 13.2 Å². The van der Waals surface area contributed by atoms with Crippen molar-refractivity contribution in [3.8, 4) is 11.5 Å². The van der Waals surface area contributed by atoms with Gasteiger partial charge in [-0.15, -0.1) is 5.54 Å². The topological polar surface area (TPSA) is 0 Å². The normalized spacial score (nSPS) is 12.8. The Labute approximate surface area is 71.5 Å². The molecule has 0 aromatic heterocycles. The molecule has 0 N–H and O–H groups in total. The molecule has 0 nitrogen and oxygen atoms in total. The first-order chi connectivity index (χ1) is 5.21. The lowest BCUT2D eigenvalue weighted by Crippen LogP contribution is -2.16. The Bertz CT molecular complexity index is 221. The fourth-order valence-corrected chi connectivity index (χ4v) is 0.911. The second-order valence-corrected chi connectivity index (χ2v) is 8.14. The zero-order valence-corrected chi connectivity index (χ0v) is 8.29. The van der Waals surface area contributed by atoms with Crippen LogP contribution < -0.4 is 0 Å². The van der Waals surface area contributed by atoms with Gasteiger partial charge in [-0.3, -0.25) is 0 Å². The number of hydrogen-bond acceptors (Lipinski definition) is 0.